The maximum absolute atomic E-state index is 11.0. The molecule has 0 spiro atoms. The molecule has 0 saturated carbocycles. The lowest BCUT2D eigenvalue weighted by molar-refractivity contribution is -0.143. The monoisotopic (exact) mass is 178 g/mol. The molecule has 0 aromatic heterocycles. The number of carboxylic acids is 1. The van der Waals surface area contributed by atoms with Gasteiger partial charge in [-0.2, -0.15) is 0 Å². The Balaban J connectivity index is 2.40. The molecule has 13 heavy (non-hydrogen) atoms. The van der Waals surface area contributed by atoms with Gasteiger partial charge in [-0.1, -0.05) is 30.3 Å². The first-order chi connectivity index (χ1) is 6.18. The highest BCUT2D eigenvalue weighted by Crippen LogP contribution is 2.46. The van der Waals surface area contributed by atoms with Crippen LogP contribution in [0.25, 0.3) is 0 Å². The largest absolute Gasteiger partial charge is 0.479 e. The molecule has 1 aromatic rings. The average molecular weight is 178 g/mol. The van der Waals surface area contributed by atoms with Crippen molar-refractivity contribution in [1.29, 1.82) is 0 Å². The summed E-state index contributed by atoms with van der Waals surface area (Å²) in [7, 11) is 0. The molecule has 1 heterocycles. The summed E-state index contributed by atoms with van der Waals surface area (Å²) in [5.41, 5.74) is -0.364. The van der Waals surface area contributed by atoms with Gasteiger partial charge in [0.05, 0.1) is 0 Å². The van der Waals surface area contributed by atoms with Crippen LogP contribution in [0.4, 0.5) is 0 Å². The lowest BCUT2D eigenvalue weighted by Gasteiger charge is -2.06. The molecule has 0 bridgehead atoms. The topological polar surface area (TPSA) is 49.8 Å². The Bertz CT molecular complexity index is 333. The summed E-state index contributed by atoms with van der Waals surface area (Å²) in [5.74, 6) is -0.911. The van der Waals surface area contributed by atoms with Gasteiger partial charge in [-0.05, 0) is 12.5 Å². The summed E-state index contributed by atoms with van der Waals surface area (Å²) in [6.07, 6.45) is -0.229. The van der Waals surface area contributed by atoms with Gasteiger partial charge in [0.1, 0.15) is 6.10 Å². The molecule has 1 aliphatic heterocycles. The van der Waals surface area contributed by atoms with Crippen LogP contribution in [0.15, 0.2) is 30.3 Å². The second-order valence-corrected chi connectivity index (χ2v) is 3.17. The van der Waals surface area contributed by atoms with Gasteiger partial charge >= 0.3 is 5.97 Å². The number of carbonyl (C=O) groups is 1. The van der Waals surface area contributed by atoms with Gasteiger partial charge in [0.15, 0.2) is 0 Å². The SMILES string of the molecule is C[C@@H]1O[C@]1(C(=O)O)c1ccccc1. The summed E-state index contributed by atoms with van der Waals surface area (Å²) in [5, 5.41) is 9.00. The van der Waals surface area contributed by atoms with Crippen LogP contribution in [0.1, 0.15) is 12.5 Å². The van der Waals surface area contributed by atoms with E-state index in [2.05, 4.69) is 0 Å². The fourth-order valence-corrected chi connectivity index (χ4v) is 1.58. The first-order valence-electron chi connectivity index (χ1n) is 4.14. The summed E-state index contributed by atoms with van der Waals surface area (Å²) in [6, 6.07) is 9.03. The molecule has 1 fully saturated rings. The van der Waals surface area contributed by atoms with Crippen LogP contribution < -0.4 is 0 Å². The maximum atomic E-state index is 11.0. The molecule has 1 aromatic carbocycles. The van der Waals surface area contributed by atoms with E-state index in [4.69, 9.17) is 9.84 Å². The smallest absolute Gasteiger partial charge is 0.343 e. The van der Waals surface area contributed by atoms with Gasteiger partial charge in [0, 0.05) is 0 Å². The number of rotatable bonds is 2. The minimum absolute atomic E-state index is 0.229. The normalized spacial score (nSPS) is 31.3. The van der Waals surface area contributed by atoms with E-state index in [9.17, 15) is 4.79 Å². The molecule has 3 heteroatoms. The molecule has 0 aliphatic carbocycles. The molecular weight excluding hydrogens is 168 g/mol. The van der Waals surface area contributed by atoms with Gasteiger partial charge in [-0.3, -0.25) is 0 Å². The van der Waals surface area contributed by atoms with E-state index in [1.54, 1.807) is 19.1 Å². The van der Waals surface area contributed by atoms with Crippen LogP contribution in [0.5, 0.6) is 0 Å². The zero-order valence-corrected chi connectivity index (χ0v) is 7.23. The Morgan fingerprint density at radius 1 is 1.46 bits per heavy atom. The van der Waals surface area contributed by atoms with E-state index < -0.39 is 11.6 Å². The Kier molecular flexibility index (Phi) is 1.63. The molecule has 2 rings (SSSR count). The minimum Gasteiger partial charge on any atom is -0.479 e. The molecule has 1 N–H and O–H groups in total. The van der Waals surface area contributed by atoms with Crippen LogP contribution in [0.2, 0.25) is 0 Å². The number of hydrogen-bond acceptors (Lipinski definition) is 2. The van der Waals surface area contributed by atoms with Gasteiger partial charge < -0.3 is 9.84 Å². The van der Waals surface area contributed by atoms with Crippen molar-refractivity contribution in [2.24, 2.45) is 0 Å². The highest BCUT2D eigenvalue weighted by molar-refractivity contribution is 5.83. The number of hydrogen-bond donors (Lipinski definition) is 1. The van der Waals surface area contributed by atoms with Crippen molar-refractivity contribution in [3.63, 3.8) is 0 Å². The zero-order valence-electron chi connectivity index (χ0n) is 7.23. The van der Waals surface area contributed by atoms with Crippen molar-refractivity contribution in [1.82, 2.24) is 0 Å². The number of carboxylic acid groups (broad SMARTS) is 1. The summed E-state index contributed by atoms with van der Waals surface area (Å²) in [6.45, 7) is 1.76. The number of aliphatic carboxylic acids is 1. The quantitative estimate of drug-likeness (QED) is 0.696. The molecule has 1 aliphatic rings. The second-order valence-electron chi connectivity index (χ2n) is 3.17. The van der Waals surface area contributed by atoms with Crippen LogP contribution >= 0.6 is 0 Å². The lowest BCUT2D eigenvalue weighted by atomic mass is 9.96. The third-order valence-electron chi connectivity index (χ3n) is 2.40. The molecule has 3 nitrogen and oxygen atoms in total. The standard InChI is InChI=1S/C10H10O3/c1-7-10(13-7,9(11)12)8-5-3-2-4-6-8/h2-7H,1H3,(H,11,12)/t7-,10-/m0/s1. The molecule has 2 atom stereocenters. The molecule has 0 amide bonds. The van der Waals surface area contributed by atoms with Crippen molar-refractivity contribution in [2.45, 2.75) is 18.6 Å². The Morgan fingerprint density at radius 3 is 2.38 bits per heavy atom. The Labute approximate surface area is 76.0 Å². The molecule has 0 radical (unpaired) electrons. The lowest BCUT2D eigenvalue weighted by Crippen LogP contribution is -2.23. The highest BCUT2D eigenvalue weighted by Gasteiger charge is 2.61. The van der Waals surface area contributed by atoms with Crippen molar-refractivity contribution in [3.8, 4) is 0 Å². The van der Waals surface area contributed by atoms with Gasteiger partial charge in [-0.15, -0.1) is 0 Å². The zero-order chi connectivity index (χ0) is 9.47. The highest BCUT2D eigenvalue weighted by atomic mass is 16.6. The van der Waals surface area contributed by atoms with Crippen molar-refractivity contribution in [3.05, 3.63) is 35.9 Å². The predicted octanol–water partition coefficient (Wildman–Crippen LogP) is 1.39. The van der Waals surface area contributed by atoms with E-state index in [0.717, 1.165) is 5.56 Å². The van der Waals surface area contributed by atoms with Crippen molar-refractivity contribution < 1.29 is 14.6 Å². The van der Waals surface area contributed by atoms with E-state index >= 15 is 0 Å². The average Bonchev–Trinajstić information content (AvgIpc) is 2.80. The predicted molar refractivity (Wildman–Crippen MR) is 46.3 cm³/mol. The first kappa shape index (κ1) is 8.26. The van der Waals surface area contributed by atoms with Gasteiger partial charge in [0.25, 0.3) is 0 Å². The third-order valence-corrected chi connectivity index (χ3v) is 2.40. The number of epoxide rings is 1. The van der Waals surface area contributed by atoms with E-state index in [1.165, 1.54) is 0 Å². The Morgan fingerprint density at radius 2 is 2.00 bits per heavy atom. The van der Waals surface area contributed by atoms with Crippen LogP contribution in [-0.4, -0.2) is 17.2 Å². The third kappa shape index (κ3) is 1.04. The molecule has 68 valence electrons. The number of benzene rings is 1. The van der Waals surface area contributed by atoms with Crippen molar-refractivity contribution in [2.75, 3.05) is 0 Å². The molecule has 1 saturated heterocycles. The fraction of sp³-hybridized carbons (Fsp3) is 0.300. The number of ether oxygens (including phenoxy) is 1. The van der Waals surface area contributed by atoms with Gasteiger partial charge in [0.2, 0.25) is 5.60 Å². The summed E-state index contributed by atoms with van der Waals surface area (Å²) < 4.78 is 5.15. The van der Waals surface area contributed by atoms with E-state index in [1.807, 2.05) is 18.2 Å². The second kappa shape index (κ2) is 2.57. The van der Waals surface area contributed by atoms with Crippen LogP contribution in [0.3, 0.4) is 0 Å². The van der Waals surface area contributed by atoms with E-state index in [-0.39, 0.29) is 6.10 Å². The van der Waals surface area contributed by atoms with Crippen molar-refractivity contribution >= 4 is 5.97 Å². The first-order valence-corrected chi connectivity index (χ1v) is 4.14. The van der Waals surface area contributed by atoms with Crippen LogP contribution in [-0.2, 0) is 15.1 Å². The molecule has 0 unspecified atom stereocenters. The van der Waals surface area contributed by atoms with Crippen LogP contribution in [0, 0.1) is 0 Å². The fourth-order valence-electron chi connectivity index (χ4n) is 1.58. The summed E-state index contributed by atoms with van der Waals surface area (Å²) in [4.78, 5) is 11.0. The van der Waals surface area contributed by atoms with Gasteiger partial charge in [-0.25, -0.2) is 4.79 Å². The maximum Gasteiger partial charge on any atom is 0.343 e. The summed E-state index contributed by atoms with van der Waals surface area (Å²) >= 11 is 0. The minimum atomic E-state index is -1.08. The Hall–Kier alpha value is -1.35. The molecular formula is C10H10O3. The van der Waals surface area contributed by atoms with E-state index in [0.29, 0.717) is 0 Å².